The van der Waals surface area contributed by atoms with Crippen molar-refractivity contribution in [2.45, 2.75) is 26.7 Å². The molecule has 1 N–H and O–H groups in total. The third kappa shape index (κ3) is 4.04. The molecule has 1 saturated heterocycles. The maximum absolute atomic E-state index is 3.51. The lowest BCUT2D eigenvalue weighted by atomic mass is 10.0. The van der Waals surface area contributed by atoms with Gasteiger partial charge in [-0.05, 0) is 49.9 Å². The zero-order chi connectivity index (χ0) is 12.1. The molecular formula is C15H24N2. The van der Waals surface area contributed by atoms with Crippen LogP contribution in [0.3, 0.4) is 0 Å². The molecule has 2 rings (SSSR count). The number of nitrogens with one attached hydrogen (secondary N) is 1. The SMILES string of the molecule is Cc1cccc(NCCN2CCCC(C)C2)c1. The molecule has 1 aromatic rings. The molecule has 0 radical (unpaired) electrons. The van der Waals surface area contributed by atoms with Gasteiger partial charge in [-0.3, -0.25) is 0 Å². The molecule has 2 heteroatoms. The first kappa shape index (κ1) is 12.4. The van der Waals surface area contributed by atoms with Gasteiger partial charge in [0.2, 0.25) is 0 Å². The zero-order valence-corrected chi connectivity index (χ0v) is 11.1. The van der Waals surface area contributed by atoms with Crippen LogP contribution in [0.4, 0.5) is 5.69 Å². The van der Waals surface area contributed by atoms with E-state index in [1.165, 1.54) is 37.2 Å². The minimum atomic E-state index is 0.878. The fourth-order valence-electron chi connectivity index (χ4n) is 2.60. The Balaban J connectivity index is 1.72. The summed E-state index contributed by atoms with van der Waals surface area (Å²) >= 11 is 0. The van der Waals surface area contributed by atoms with Gasteiger partial charge in [-0.15, -0.1) is 0 Å². The Morgan fingerprint density at radius 2 is 2.29 bits per heavy atom. The van der Waals surface area contributed by atoms with Crippen LogP contribution in [0.25, 0.3) is 0 Å². The smallest absolute Gasteiger partial charge is 0.0343 e. The molecule has 1 aliphatic rings. The van der Waals surface area contributed by atoms with Gasteiger partial charge in [0, 0.05) is 25.3 Å². The van der Waals surface area contributed by atoms with Crippen LogP contribution in [0.1, 0.15) is 25.3 Å². The normalized spacial score (nSPS) is 21.4. The predicted molar refractivity (Wildman–Crippen MR) is 74.5 cm³/mol. The van der Waals surface area contributed by atoms with Crippen molar-refractivity contribution in [1.29, 1.82) is 0 Å². The topological polar surface area (TPSA) is 15.3 Å². The Kier molecular flexibility index (Phi) is 4.43. The molecule has 0 aliphatic carbocycles. The van der Waals surface area contributed by atoms with Gasteiger partial charge in [0.15, 0.2) is 0 Å². The first-order chi connectivity index (χ1) is 8.24. The average Bonchev–Trinajstić information content (AvgIpc) is 2.29. The Morgan fingerprint density at radius 3 is 3.06 bits per heavy atom. The van der Waals surface area contributed by atoms with Crippen molar-refractivity contribution in [2.75, 3.05) is 31.5 Å². The van der Waals surface area contributed by atoms with E-state index in [1.807, 2.05) is 0 Å². The zero-order valence-electron chi connectivity index (χ0n) is 11.1. The van der Waals surface area contributed by atoms with E-state index < -0.39 is 0 Å². The summed E-state index contributed by atoms with van der Waals surface area (Å²) in [5.74, 6) is 0.878. The molecule has 1 fully saturated rings. The number of piperidine rings is 1. The number of likely N-dealkylation sites (tertiary alicyclic amines) is 1. The largest absolute Gasteiger partial charge is 0.384 e. The van der Waals surface area contributed by atoms with Gasteiger partial charge in [-0.1, -0.05) is 19.1 Å². The van der Waals surface area contributed by atoms with Gasteiger partial charge in [-0.2, -0.15) is 0 Å². The maximum atomic E-state index is 3.51. The first-order valence-electron chi connectivity index (χ1n) is 6.77. The van der Waals surface area contributed by atoms with Crippen LogP contribution in [0.5, 0.6) is 0 Å². The van der Waals surface area contributed by atoms with Gasteiger partial charge in [0.05, 0.1) is 0 Å². The summed E-state index contributed by atoms with van der Waals surface area (Å²) in [6, 6.07) is 8.60. The molecule has 1 atom stereocenters. The second kappa shape index (κ2) is 6.06. The monoisotopic (exact) mass is 232 g/mol. The third-order valence-corrected chi connectivity index (χ3v) is 3.52. The van der Waals surface area contributed by atoms with Gasteiger partial charge in [-0.25, -0.2) is 0 Å². The summed E-state index contributed by atoms with van der Waals surface area (Å²) in [5, 5.41) is 3.51. The lowest BCUT2D eigenvalue weighted by Crippen LogP contribution is -2.37. The van der Waals surface area contributed by atoms with Crippen molar-refractivity contribution in [3.63, 3.8) is 0 Å². The molecule has 1 heterocycles. The highest BCUT2D eigenvalue weighted by Gasteiger charge is 2.15. The molecule has 0 saturated carbocycles. The minimum absolute atomic E-state index is 0.878. The van der Waals surface area contributed by atoms with E-state index in [1.54, 1.807) is 0 Å². The van der Waals surface area contributed by atoms with Gasteiger partial charge >= 0.3 is 0 Å². The molecule has 2 nitrogen and oxygen atoms in total. The predicted octanol–water partition coefficient (Wildman–Crippen LogP) is 3.14. The van der Waals surface area contributed by atoms with Gasteiger partial charge < -0.3 is 10.2 Å². The summed E-state index contributed by atoms with van der Waals surface area (Å²) in [5.41, 5.74) is 2.57. The number of hydrogen-bond acceptors (Lipinski definition) is 2. The number of anilines is 1. The Hall–Kier alpha value is -1.02. The summed E-state index contributed by atoms with van der Waals surface area (Å²) in [4.78, 5) is 2.58. The van der Waals surface area contributed by atoms with Crippen molar-refractivity contribution >= 4 is 5.69 Å². The molecule has 0 aromatic heterocycles. The number of rotatable bonds is 4. The maximum Gasteiger partial charge on any atom is 0.0343 e. The van der Waals surface area contributed by atoms with E-state index in [2.05, 4.69) is 48.3 Å². The summed E-state index contributed by atoms with van der Waals surface area (Å²) in [6.45, 7) is 9.27. The van der Waals surface area contributed by atoms with Crippen LogP contribution in [0, 0.1) is 12.8 Å². The molecule has 94 valence electrons. The van der Waals surface area contributed by atoms with Crippen LogP contribution < -0.4 is 5.32 Å². The first-order valence-corrected chi connectivity index (χ1v) is 6.77. The lowest BCUT2D eigenvalue weighted by Gasteiger charge is -2.30. The molecule has 17 heavy (non-hydrogen) atoms. The van der Waals surface area contributed by atoms with Crippen molar-refractivity contribution in [1.82, 2.24) is 4.90 Å². The molecular weight excluding hydrogens is 208 g/mol. The van der Waals surface area contributed by atoms with Crippen molar-refractivity contribution < 1.29 is 0 Å². The molecule has 1 aliphatic heterocycles. The Bertz CT molecular complexity index is 349. The molecule has 0 amide bonds. The number of aryl methyl sites for hydroxylation is 1. The Labute approximate surface area is 105 Å². The molecule has 1 aromatic carbocycles. The van der Waals surface area contributed by atoms with Gasteiger partial charge in [0.1, 0.15) is 0 Å². The number of nitrogens with zero attached hydrogens (tertiary/aromatic N) is 1. The molecule has 0 spiro atoms. The van der Waals surface area contributed by atoms with E-state index in [0.29, 0.717) is 0 Å². The number of benzene rings is 1. The summed E-state index contributed by atoms with van der Waals surface area (Å²) in [7, 11) is 0. The van der Waals surface area contributed by atoms with E-state index in [0.717, 1.165) is 19.0 Å². The highest BCUT2D eigenvalue weighted by atomic mass is 15.1. The highest BCUT2D eigenvalue weighted by molar-refractivity contribution is 5.45. The fourth-order valence-corrected chi connectivity index (χ4v) is 2.60. The van der Waals surface area contributed by atoms with Crippen molar-refractivity contribution in [3.05, 3.63) is 29.8 Å². The second-order valence-corrected chi connectivity index (χ2v) is 5.34. The fraction of sp³-hybridized carbons (Fsp3) is 0.600. The average molecular weight is 232 g/mol. The third-order valence-electron chi connectivity index (χ3n) is 3.52. The lowest BCUT2D eigenvalue weighted by molar-refractivity contribution is 0.190. The van der Waals surface area contributed by atoms with Crippen LogP contribution >= 0.6 is 0 Å². The van der Waals surface area contributed by atoms with Crippen LogP contribution in [0.2, 0.25) is 0 Å². The molecule has 0 bridgehead atoms. The van der Waals surface area contributed by atoms with E-state index in [9.17, 15) is 0 Å². The van der Waals surface area contributed by atoms with Crippen molar-refractivity contribution in [3.8, 4) is 0 Å². The van der Waals surface area contributed by atoms with Crippen LogP contribution in [-0.4, -0.2) is 31.1 Å². The highest BCUT2D eigenvalue weighted by Crippen LogP contribution is 2.15. The number of hydrogen-bond donors (Lipinski definition) is 1. The minimum Gasteiger partial charge on any atom is -0.384 e. The Morgan fingerprint density at radius 1 is 1.41 bits per heavy atom. The standard InChI is InChI=1S/C15H24N2/c1-13-5-3-7-15(11-13)16-8-10-17-9-4-6-14(2)12-17/h3,5,7,11,14,16H,4,6,8-10,12H2,1-2H3. The summed E-state index contributed by atoms with van der Waals surface area (Å²) < 4.78 is 0. The van der Waals surface area contributed by atoms with E-state index in [4.69, 9.17) is 0 Å². The van der Waals surface area contributed by atoms with Gasteiger partial charge in [0.25, 0.3) is 0 Å². The van der Waals surface area contributed by atoms with Crippen LogP contribution in [0.15, 0.2) is 24.3 Å². The molecule has 1 unspecified atom stereocenters. The second-order valence-electron chi connectivity index (χ2n) is 5.34. The van der Waals surface area contributed by atoms with E-state index in [-0.39, 0.29) is 0 Å². The quantitative estimate of drug-likeness (QED) is 0.858. The van der Waals surface area contributed by atoms with Crippen molar-refractivity contribution in [2.24, 2.45) is 5.92 Å². The van der Waals surface area contributed by atoms with Crippen LogP contribution in [-0.2, 0) is 0 Å². The van der Waals surface area contributed by atoms with E-state index >= 15 is 0 Å². The summed E-state index contributed by atoms with van der Waals surface area (Å²) in [6.07, 6.45) is 2.77.